The predicted octanol–water partition coefficient (Wildman–Crippen LogP) is 4.50. The Balaban J connectivity index is 1.93. The van der Waals surface area contributed by atoms with Gasteiger partial charge in [-0.25, -0.2) is 9.79 Å². The Bertz CT molecular complexity index is 1470. The van der Waals surface area contributed by atoms with E-state index in [4.69, 9.17) is 32.7 Å². The van der Waals surface area contributed by atoms with Crippen LogP contribution in [0.2, 0.25) is 10.0 Å². The molecule has 0 radical (unpaired) electrons. The summed E-state index contributed by atoms with van der Waals surface area (Å²) < 4.78 is 12.8. The van der Waals surface area contributed by atoms with E-state index < -0.39 is 12.0 Å². The normalized spacial score (nSPS) is 15.9. The molecule has 0 bridgehead atoms. The van der Waals surface area contributed by atoms with Crippen molar-refractivity contribution in [1.82, 2.24) is 4.57 Å². The number of methoxy groups -OCH3 is 1. The van der Waals surface area contributed by atoms with Crippen LogP contribution in [0.3, 0.4) is 0 Å². The average Bonchev–Trinajstić information content (AvgIpc) is 3.09. The molecule has 9 heteroatoms. The smallest absolute Gasteiger partial charge is 0.338 e. The van der Waals surface area contributed by atoms with Gasteiger partial charge < -0.3 is 9.47 Å². The molecule has 0 fully saturated rings. The number of ether oxygens (including phenoxy) is 2. The van der Waals surface area contributed by atoms with Crippen LogP contribution in [-0.4, -0.2) is 23.8 Å². The Morgan fingerprint density at radius 1 is 1.15 bits per heavy atom. The predicted molar refractivity (Wildman–Crippen MR) is 134 cm³/mol. The average molecular weight is 517 g/mol. The van der Waals surface area contributed by atoms with Gasteiger partial charge in [-0.05, 0) is 62.2 Å². The Labute approximate surface area is 210 Å². The molecule has 176 valence electrons. The molecule has 6 nitrogen and oxygen atoms in total. The van der Waals surface area contributed by atoms with Crippen molar-refractivity contribution in [3.63, 3.8) is 0 Å². The lowest BCUT2D eigenvalue weighted by Gasteiger charge is -2.25. The molecule has 0 aliphatic carbocycles. The number of benzene rings is 2. The van der Waals surface area contributed by atoms with Gasteiger partial charge in [-0.15, -0.1) is 0 Å². The number of hydrogen-bond acceptors (Lipinski definition) is 6. The SMILES string of the molecule is COc1ccc([C@H]2C(C(=O)OC(C)C)=C(C)N=c3s/c(=C\c4ccc(Cl)c(Cl)c4)c(=O)n32)cc1. The second-order valence-corrected chi connectivity index (χ2v) is 9.81. The summed E-state index contributed by atoms with van der Waals surface area (Å²) >= 11 is 13.4. The number of rotatable bonds is 5. The van der Waals surface area contributed by atoms with Crippen LogP contribution in [0.4, 0.5) is 0 Å². The molecule has 3 aromatic rings. The minimum atomic E-state index is -0.690. The number of halogens is 2. The van der Waals surface area contributed by atoms with Gasteiger partial charge in [0.25, 0.3) is 5.56 Å². The Morgan fingerprint density at radius 2 is 1.85 bits per heavy atom. The summed E-state index contributed by atoms with van der Waals surface area (Å²) in [7, 11) is 1.58. The third-order valence-electron chi connectivity index (χ3n) is 5.26. The standard InChI is InChI=1S/C25H22Cl2N2O4S/c1-13(2)33-24(31)21-14(3)28-25-29(22(21)16-6-8-17(32-4)9-7-16)23(30)20(34-25)12-15-5-10-18(26)19(27)11-15/h5-13,22H,1-4H3/b20-12-/t22-/m0/s1. The molecule has 4 rings (SSSR count). The summed E-state index contributed by atoms with van der Waals surface area (Å²) in [6.07, 6.45) is 1.42. The van der Waals surface area contributed by atoms with Crippen LogP contribution >= 0.6 is 34.5 Å². The van der Waals surface area contributed by atoms with E-state index >= 15 is 0 Å². The zero-order valence-corrected chi connectivity index (χ0v) is 21.3. The Kier molecular flexibility index (Phi) is 6.98. The highest BCUT2D eigenvalue weighted by Gasteiger charge is 2.33. The van der Waals surface area contributed by atoms with E-state index in [2.05, 4.69) is 4.99 Å². The third-order valence-corrected chi connectivity index (χ3v) is 6.98. The molecule has 0 amide bonds. The number of thiazole rings is 1. The summed E-state index contributed by atoms with van der Waals surface area (Å²) in [4.78, 5) is 31.8. The molecule has 0 saturated heterocycles. The van der Waals surface area contributed by atoms with Gasteiger partial charge in [0.05, 0.1) is 45.1 Å². The molecule has 1 aromatic heterocycles. The van der Waals surface area contributed by atoms with Gasteiger partial charge in [-0.1, -0.05) is 52.7 Å². The van der Waals surface area contributed by atoms with Crippen LogP contribution in [0.25, 0.3) is 6.08 Å². The quantitative estimate of drug-likeness (QED) is 0.468. The van der Waals surface area contributed by atoms with E-state index in [1.165, 1.54) is 11.3 Å². The van der Waals surface area contributed by atoms with Gasteiger partial charge in [0.2, 0.25) is 0 Å². The molecule has 0 saturated carbocycles. The van der Waals surface area contributed by atoms with E-state index in [1.54, 1.807) is 68.9 Å². The number of carbonyl (C=O) groups excluding carboxylic acids is 1. The van der Waals surface area contributed by atoms with E-state index in [9.17, 15) is 9.59 Å². The van der Waals surface area contributed by atoms with Crippen LogP contribution in [-0.2, 0) is 9.53 Å². The number of aromatic nitrogens is 1. The topological polar surface area (TPSA) is 69.9 Å². The Hall–Kier alpha value is -2.87. The molecule has 0 unspecified atom stereocenters. The largest absolute Gasteiger partial charge is 0.497 e. The molecular weight excluding hydrogens is 495 g/mol. The van der Waals surface area contributed by atoms with Crippen molar-refractivity contribution in [3.05, 3.63) is 94.6 Å². The first-order valence-corrected chi connectivity index (χ1v) is 12.1. The lowest BCUT2D eigenvalue weighted by molar-refractivity contribution is -0.143. The summed E-state index contributed by atoms with van der Waals surface area (Å²) in [5, 5.41) is 0.831. The summed E-state index contributed by atoms with van der Waals surface area (Å²) in [5.41, 5.74) is 2.04. The molecular formula is C25H22Cl2N2O4S. The summed E-state index contributed by atoms with van der Waals surface area (Å²) in [6.45, 7) is 5.31. The fourth-order valence-corrected chi connectivity index (χ4v) is 5.07. The van der Waals surface area contributed by atoms with E-state index in [0.717, 1.165) is 11.1 Å². The van der Waals surface area contributed by atoms with Gasteiger partial charge in [-0.2, -0.15) is 0 Å². The van der Waals surface area contributed by atoms with Gasteiger partial charge in [0.1, 0.15) is 5.75 Å². The third kappa shape index (κ3) is 4.69. The first kappa shape index (κ1) is 24.3. The van der Waals surface area contributed by atoms with Crippen LogP contribution in [0.15, 0.2) is 63.5 Å². The molecule has 2 aromatic carbocycles. The zero-order valence-electron chi connectivity index (χ0n) is 19.0. The van der Waals surface area contributed by atoms with Crippen molar-refractivity contribution < 1.29 is 14.3 Å². The summed E-state index contributed by atoms with van der Waals surface area (Å²) in [5.74, 6) is 0.165. The van der Waals surface area contributed by atoms with Crippen LogP contribution in [0.1, 0.15) is 37.9 Å². The first-order chi connectivity index (χ1) is 16.2. The number of fused-ring (bicyclic) bond motifs is 1. The van der Waals surface area contributed by atoms with Gasteiger partial charge in [0.15, 0.2) is 4.80 Å². The van der Waals surface area contributed by atoms with Crippen molar-refractivity contribution in [2.45, 2.75) is 32.9 Å². The number of nitrogens with zero attached hydrogens (tertiary/aromatic N) is 2. The van der Waals surface area contributed by atoms with Gasteiger partial charge in [-0.3, -0.25) is 9.36 Å². The van der Waals surface area contributed by atoms with Crippen molar-refractivity contribution >= 4 is 46.6 Å². The maximum absolute atomic E-state index is 13.6. The highest BCUT2D eigenvalue weighted by Crippen LogP contribution is 2.32. The van der Waals surface area contributed by atoms with Crippen molar-refractivity contribution in [2.75, 3.05) is 7.11 Å². The van der Waals surface area contributed by atoms with E-state index in [1.807, 2.05) is 12.1 Å². The van der Waals surface area contributed by atoms with Gasteiger partial charge in [0, 0.05) is 0 Å². The fraction of sp³-hybridized carbons (Fsp3) is 0.240. The highest BCUT2D eigenvalue weighted by molar-refractivity contribution is 7.07. The fourth-order valence-electron chi connectivity index (χ4n) is 3.72. The molecule has 0 N–H and O–H groups in total. The Morgan fingerprint density at radius 3 is 2.47 bits per heavy atom. The van der Waals surface area contributed by atoms with Gasteiger partial charge >= 0.3 is 5.97 Å². The number of carbonyl (C=O) groups is 1. The molecule has 1 aliphatic rings. The lowest BCUT2D eigenvalue weighted by Crippen LogP contribution is -2.40. The number of esters is 1. The number of hydrogen-bond donors (Lipinski definition) is 0. The molecule has 1 atom stereocenters. The van der Waals surface area contributed by atoms with E-state index in [-0.39, 0.29) is 11.7 Å². The van der Waals surface area contributed by atoms with Crippen LogP contribution in [0, 0.1) is 0 Å². The molecule has 2 heterocycles. The maximum Gasteiger partial charge on any atom is 0.338 e. The lowest BCUT2D eigenvalue weighted by atomic mass is 9.96. The van der Waals surface area contributed by atoms with Crippen molar-refractivity contribution in [3.8, 4) is 5.75 Å². The second kappa shape index (κ2) is 9.78. The first-order valence-electron chi connectivity index (χ1n) is 10.5. The highest BCUT2D eigenvalue weighted by atomic mass is 35.5. The monoisotopic (exact) mass is 516 g/mol. The minimum absolute atomic E-state index is 0.266. The maximum atomic E-state index is 13.6. The second-order valence-electron chi connectivity index (χ2n) is 7.98. The molecule has 34 heavy (non-hydrogen) atoms. The molecule has 0 spiro atoms. The van der Waals surface area contributed by atoms with Crippen molar-refractivity contribution in [2.24, 2.45) is 4.99 Å². The van der Waals surface area contributed by atoms with Crippen molar-refractivity contribution in [1.29, 1.82) is 0 Å². The van der Waals surface area contributed by atoms with Crippen LogP contribution < -0.4 is 19.6 Å². The van der Waals surface area contributed by atoms with E-state index in [0.29, 0.717) is 36.4 Å². The zero-order chi connectivity index (χ0) is 24.6. The van der Waals surface area contributed by atoms with Crippen LogP contribution in [0.5, 0.6) is 5.75 Å². The molecule has 1 aliphatic heterocycles. The minimum Gasteiger partial charge on any atom is -0.497 e. The summed E-state index contributed by atoms with van der Waals surface area (Å²) in [6, 6.07) is 11.7. The number of allylic oxidation sites excluding steroid dienone is 1.